The van der Waals surface area contributed by atoms with Gasteiger partial charge in [0.15, 0.2) is 11.5 Å². The molecule has 1 amide bonds. The lowest BCUT2D eigenvalue weighted by molar-refractivity contribution is -0.146. The van der Waals surface area contributed by atoms with Crippen molar-refractivity contribution in [1.82, 2.24) is 5.32 Å². The molecule has 0 atom stereocenters. The van der Waals surface area contributed by atoms with E-state index in [9.17, 15) is 9.59 Å². The molecule has 1 rings (SSSR count). The average Bonchev–Trinajstić information content (AvgIpc) is 2.44. The lowest BCUT2D eigenvalue weighted by Gasteiger charge is -2.23. The van der Waals surface area contributed by atoms with Crippen LogP contribution in [0.4, 0.5) is 0 Å². The van der Waals surface area contributed by atoms with E-state index in [2.05, 4.69) is 10.1 Å². The van der Waals surface area contributed by atoms with E-state index in [1.54, 1.807) is 32.0 Å². The third-order valence-corrected chi connectivity index (χ3v) is 2.77. The van der Waals surface area contributed by atoms with Crippen LogP contribution in [0.1, 0.15) is 24.2 Å². The van der Waals surface area contributed by atoms with E-state index in [1.165, 1.54) is 21.3 Å². The van der Waals surface area contributed by atoms with Crippen molar-refractivity contribution in [2.75, 3.05) is 21.3 Å². The predicted octanol–water partition coefficient (Wildman–Crippen LogP) is 1.39. The van der Waals surface area contributed by atoms with Crippen LogP contribution in [0.25, 0.3) is 0 Å². The van der Waals surface area contributed by atoms with E-state index < -0.39 is 17.4 Å². The summed E-state index contributed by atoms with van der Waals surface area (Å²) in [5, 5.41) is 2.60. The predicted molar refractivity (Wildman–Crippen MR) is 73.1 cm³/mol. The molecule has 0 aliphatic rings. The third kappa shape index (κ3) is 3.40. The van der Waals surface area contributed by atoms with E-state index in [1.807, 2.05) is 0 Å². The van der Waals surface area contributed by atoms with Crippen LogP contribution in [0.15, 0.2) is 18.2 Å². The standard InChI is InChI=1S/C14H19NO5/c1-14(2,13(17)20-5)15-12(16)9-6-7-10(18-3)11(8-9)19-4/h6-8H,1-5H3,(H,15,16). The molecule has 1 N–H and O–H groups in total. The first-order chi connectivity index (χ1) is 9.35. The summed E-state index contributed by atoms with van der Waals surface area (Å²) in [6.07, 6.45) is 0. The van der Waals surface area contributed by atoms with E-state index in [-0.39, 0.29) is 0 Å². The molecule has 1 aromatic rings. The zero-order valence-corrected chi connectivity index (χ0v) is 12.3. The molecule has 0 unspecified atom stereocenters. The molecule has 0 aliphatic carbocycles. The van der Waals surface area contributed by atoms with Crippen LogP contribution in [0, 0.1) is 0 Å². The van der Waals surface area contributed by atoms with Gasteiger partial charge in [-0.05, 0) is 32.0 Å². The van der Waals surface area contributed by atoms with Crippen molar-refractivity contribution < 1.29 is 23.8 Å². The van der Waals surface area contributed by atoms with E-state index >= 15 is 0 Å². The fourth-order valence-electron chi connectivity index (χ4n) is 1.64. The fourth-order valence-corrected chi connectivity index (χ4v) is 1.64. The Morgan fingerprint density at radius 1 is 1.05 bits per heavy atom. The lowest BCUT2D eigenvalue weighted by Crippen LogP contribution is -2.50. The maximum atomic E-state index is 12.1. The van der Waals surface area contributed by atoms with Crippen molar-refractivity contribution in [1.29, 1.82) is 0 Å². The molecule has 0 saturated heterocycles. The molecule has 110 valence electrons. The summed E-state index contributed by atoms with van der Waals surface area (Å²) in [7, 11) is 4.27. The summed E-state index contributed by atoms with van der Waals surface area (Å²) in [4.78, 5) is 23.7. The summed E-state index contributed by atoms with van der Waals surface area (Å²) in [5.41, 5.74) is -0.751. The minimum atomic E-state index is -1.11. The van der Waals surface area contributed by atoms with Crippen LogP contribution < -0.4 is 14.8 Å². The van der Waals surface area contributed by atoms with Gasteiger partial charge in [-0.3, -0.25) is 4.79 Å². The summed E-state index contributed by atoms with van der Waals surface area (Å²) in [5.74, 6) is 0.0417. The number of amides is 1. The zero-order chi connectivity index (χ0) is 15.3. The summed E-state index contributed by atoms with van der Waals surface area (Å²) >= 11 is 0. The van der Waals surface area contributed by atoms with Gasteiger partial charge >= 0.3 is 5.97 Å². The van der Waals surface area contributed by atoms with Crippen LogP contribution in [0.2, 0.25) is 0 Å². The minimum absolute atomic E-state index is 0.361. The number of nitrogens with one attached hydrogen (secondary N) is 1. The highest BCUT2D eigenvalue weighted by Gasteiger charge is 2.31. The van der Waals surface area contributed by atoms with Crippen LogP contribution in [0.5, 0.6) is 11.5 Å². The van der Waals surface area contributed by atoms with Crippen molar-refractivity contribution in [3.8, 4) is 11.5 Å². The van der Waals surface area contributed by atoms with Crippen molar-refractivity contribution in [3.63, 3.8) is 0 Å². The molecule has 0 heterocycles. The number of benzene rings is 1. The Kier molecular flexibility index (Phi) is 4.96. The first-order valence-electron chi connectivity index (χ1n) is 5.98. The summed E-state index contributed by atoms with van der Waals surface area (Å²) in [6, 6.07) is 4.75. The van der Waals surface area contributed by atoms with E-state index in [0.717, 1.165) is 0 Å². The van der Waals surface area contributed by atoms with Gasteiger partial charge in [0.1, 0.15) is 5.54 Å². The third-order valence-electron chi connectivity index (χ3n) is 2.77. The number of methoxy groups -OCH3 is 3. The Bertz CT molecular complexity index is 510. The molecular formula is C14H19NO5. The lowest BCUT2D eigenvalue weighted by atomic mass is 10.0. The summed E-state index contributed by atoms with van der Waals surface area (Å²) < 4.78 is 14.9. The molecule has 20 heavy (non-hydrogen) atoms. The molecule has 0 fully saturated rings. The van der Waals surface area contributed by atoms with Gasteiger partial charge in [-0.1, -0.05) is 0 Å². The molecular weight excluding hydrogens is 262 g/mol. The smallest absolute Gasteiger partial charge is 0.330 e. The molecule has 0 aliphatic heterocycles. The topological polar surface area (TPSA) is 73.9 Å². The highest BCUT2D eigenvalue weighted by Crippen LogP contribution is 2.27. The molecule has 1 aromatic carbocycles. The highest BCUT2D eigenvalue weighted by molar-refractivity contribution is 5.98. The van der Waals surface area contributed by atoms with Gasteiger partial charge in [0.2, 0.25) is 0 Å². The monoisotopic (exact) mass is 281 g/mol. The Hall–Kier alpha value is -2.24. The Morgan fingerprint density at radius 3 is 2.15 bits per heavy atom. The van der Waals surface area contributed by atoms with E-state index in [4.69, 9.17) is 9.47 Å². The molecule has 0 radical (unpaired) electrons. The fraction of sp³-hybridized carbons (Fsp3) is 0.429. The number of ether oxygens (including phenoxy) is 3. The van der Waals surface area contributed by atoms with Gasteiger partial charge in [-0.25, -0.2) is 4.79 Å². The van der Waals surface area contributed by atoms with Crippen LogP contribution in [-0.2, 0) is 9.53 Å². The maximum absolute atomic E-state index is 12.1. The molecule has 0 aromatic heterocycles. The number of carbonyl (C=O) groups excluding carboxylic acids is 2. The van der Waals surface area contributed by atoms with Crippen molar-refractivity contribution in [3.05, 3.63) is 23.8 Å². The second-order valence-corrected chi connectivity index (χ2v) is 4.64. The van der Waals surface area contributed by atoms with Gasteiger partial charge in [-0.2, -0.15) is 0 Å². The molecule has 0 bridgehead atoms. The van der Waals surface area contributed by atoms with Gasteiger partial charge in [0.25, 0.3) is 5.91 Å². The second-order valence-electron chi connectivity index (χ2n) is 4.64. The number of esters is 1. The Morgan fingerprint density at radius 2 is 1.65 bits per heavy atom. The summed E-state index contributed by atoms with van der Waals surface area (Å²) in [6.45, 7) is 3.13. The van der Waals surface area contributed by atoms with Crippen molar-refractivity contribution in [2.45, 2.75) is 19.4 Å². The van der Waals surface area contributed by atoms with Crippen LogP contribution >= 0.6 is 0 Å². The normalized spacial score (nSPS) is 10.7. The number of rotatable bonds is 5. The van der Waals surface area contributed by atoms with E-state index in [0.29, 0.717) is 17.1 Å². The maximum Gasteiger partial charge on any atom is 0.330 e. The average molecular weight is 281 g/mol. The second kappa shape index (κ2) is 6.27. The number of hydrogen-bond donors (Lipinski definition) is 1. The van der Waals surface area contributed by atoms with Gasteiger partial charge in [0, 0.05) is 5.56 Å². The SMILES string of the molecule is COC(=O)C(C)(C)NC(=O)c1ccc(OC)c(OC)c1. The van der Waals surface area contributed by atoms with Gasteiger partial charge in [-0.15, -0.1) is 0 Å². The van der Waals surface area contributed by atoms with Gasteiger partial charge < -0.3 is 19.5 Å². The molecule has 6 nitrogen and oxygen atoms in total. The quantitative estimate of drug-likeness (QED) is 0.825. The number of carbonyl (C=O) groups is 2. The minimum Gasteiger partial charge on any atom is -0.493 e. The first kappa shape index (κ1) is 15.8. The van der Waals surface area contributed by atoms with Gasteiger partial charge in [0.05, 0.1) is 21.3 Å². The largest absolute Gasteiger partial charge is 0.493 e. The van der Waals surface area contributed by atoms with Crippen LogP contribution in [0.3, 0.4) is 0 Å². The Balaban J connectivity index is 2.96. The number of hydrogen-bond acceptors (Lipinski definition) is 5. The first-order valence-corrected chi connectivity index (χ1v) is 5.98. The zero-order valence-electron chi connectivity index (χ0n) is 12.3. The van der Waals surface area contributed by atoms with Crippen molar-refractivity contribution in [2.24, 2.45) is 0 Å². The molecule has 0 saturated carbocycles. The van der Waals surface area contributed by atoms with Crippen molar-refractivity contribution >= 4 is 11.9 Å². The molecule has 6 heteroatoms. The molecule has 0 spiro atoms. The Labute approximate surface area is 118 Å². The van der Waals surface area contributed by atoms with Crippen LogP contribution in [-0.4, -0.2) is 38.7 Å². The highest BCUT2D eigenvalue weighted by atomic mass is 16.5.